The normalized spacial score (nSPS) is 20.8. The maximum atomic E-state index is 10.3. The zero-order chi connectivity index (χ0) is 15.6. The van der Waals surface area contributed by atoms with Crippen LogP contribution in [0.3, 0.4) is 0 Å². The summed E-state index contributed by atoms with van der Waals surface area (Å²) in [6.45, 7) is 1.09. The van der Waals surface area contributed by atoms with E-state index in [0.717, 1.165) is 22.5 Å². The SMILES string of the molecule is O[C@@H]1CN(c2ncnc3ccccc23)C[C@H]1Oc1ccccc1. The lowest BCUT2D eigenvalue weighted by molar-refractivity contribution is 0.0738. The monoisotopic (exact) mass is 307 g/mol. The highest BCUT2D eigenvalue weighted by molar-refractivity contribution is 5.89. The van der Waals surface area contributed by atoms with E-state index in [9.17, 15) is 5.11 Å². The predicted molar refractivity (Wildman–Crippen MR) is 88.6 cm³/mol. The number of fused-ring (bicyclic) bond motifs is 1. The molecule has 5 nitrogen and oxygen atoms in total. The van der Waals surface area contributed by atoms with E-state index >= 15 is 0 Å². The molecule has 23 heavy (non-hydrogen) atoms. The molecule has 1 fully saturated rings. The van der Waals surface area contributed by atoms with Crippen LogP contribution in [0.2, 0.25) is 0 Å². The fourth-order valence-corrected chi connectivity index (χ4v) is 2.96. The summed E-state index contributed by atoms with van der Waals surface area (Å²) < 4.78 is 5.92. The van der Waals surface area contributed by atoms with Gasteiger partial charge in [-0.3, -0.25) is 0 Å². The number of rotatable bonds is 3. The second kappa shape index (κ2) is 5.85. The molecule has 4 rings (SSSR count). The van der Waals surface area contributed by atoms with Gasteiger partial charge < -0.3 is 14.7 Å². The molecular weight excluding hydrogens is 290 g/mol. The summed E-state index contributed by atoms with van der Waals surface area (Å²) in [7, 11) is 0. The van der Waals surface area contributed by atoms with Gasteiger partial charge in [0, 0.05) is 11.9 Å². The molecule has 0 unspecified atom stereocenters. The van der Waals surface area contributed by atoms with Crippen molar-refractivity contribution in [3.8, 4) is 5.75 Å². The van der Waals surface area contributed by atoms with Gasteiger partial charge in [-0.2, -0.15) is 0 Å². The van der Waals surface area contributed by atoms with E-state index in [4.69, 9.17) is 4.74 Å². The van der Waals surface area contributed by atoms with Crippen molar-refractivity contribution in [2.75, 3.05) is 18.0 Å². The Morgan fingerprint density at radius 2 is 1.74 bits per heavy atom. The van der Waals surface area contributed by atoms with Gasteiger partial charge >= 0.3 is 0 Å². The van der Waals surface area contributed by atoms with Crippen molar-refractivity contribution in [2.24, 2.45) is 0 Å². The Kier molecular flexibility index (Phi) is 3.55. The molecule has 0 saturated carbocycles. The second-order valence-electron chi connectivity index (χ2n) is 5.66. The van der Waals surface area contributed by atoms with Crippen LogP contribution in [0.4, 0.5) is 5.82 Å². The Morgan fingerprint density at radius 3 is 2.61 bits per heavy atom. The minimum absolute atomic E-state index is 0.272. The lowest BCUT2D eigenvalue weighted by Crippen LogP contribution is -2.29. The number of hydrogen-bond donors (Lipinski definition) is 1. The smallest absolute Gasteiger partial charge is 0.144 e. The third-order valence-corrected chi connectivity index (χ3v) is 4.09. The van der Waals surface area contributed by atoms with Crippen LogP contribution < -0.4 is 9.64 Å². The quantitative estimate of drug-likeness (QED) is 0.804. The standard InChI is InChI=1S/C18H17N3O2/c22-16-10-21(11-17(16)23-13-6-2-1-3-7-13)18-14-8-4-5-9-15(14)19-12-20-18/h1-9,12,16-17,22H,10-11H2/t16-,17-/m1/s1. The van der Waals surface area contributed by atoms with Gasteiger partial charge in [0.2, 0.25) is 0 Å². The molecule has 0 radical (unpaired) electrons. The minimum atomic E-state index is -0.552. The molecule has 0 bridgehead atoms. The van der Waals surface area contributed by atoms with Crippen molar-refractivity contribution >= 4 is 16.7 Å². The fourth-order valence-electron chi connectivity index (χ4n) is 2.96. The van der Waals surface area contributed by atoms with Crippen LogP contribution in [0.5, 0.6) is 5.75 Å². The first kappa shape index (κ1) is 14.0. The lowest BCUT2D eigenvalue weighted by Gasteiger charge is -2.19. The summed E-state index contributed by atoms with van der Waals surface area (Å²) in [4.78, 5) is 10.8. The highest BCUT2D eigenvalue weighted by atomic mass is 16.5. The van der Waals surface area contributed by atoms with E-state index in [1.807, 2.05) is 54.6 Å². The fraction of sp³-hybridized carbons (Fsp3) is 0.222. The third-order valence-electron chi connectivity index (χ3n) is 4.09. The van der Waals surface area contributed by atoms with Gasteiger partial charge in [-0.15, -0.1) is 0 Å². The molecule has 0 spiro atoms. The molecular formula is C18H17N3O2. The number of hydrogen-bond acceptors (Lipinski definition) is 5. The zero-order valence-electron chi connectivity index (χ0n) is 12.5. The van der Waals surface area contributed by atoms with Crippen molar-refractivity contribution in [1.29, 1.82) is 0 Å². The average molecular weight is 307 g/mol. The lowest BCUT2D eigenvalue weighted by atomic mass is 10.2. The van der Waals surface area contributed by atoms with Crippen LogP contribution >= 0.6 is 0 Å². The van der Waals surface area contributed by atoms with Gasteiger partial charge in [0.05, 0.1) is 12.1 Å². The van der Waals surface area contributed by atoms with Crippen molar-refractivity contribution in [1.82, 2.24) is 9.97 Å². The van der Waals surface area contributed by atoms with Gasteiger partial charge in [0.25, 0.3) is 0 Å². The van der Waals surface area contributed by atoms with Crippen LogP contribution in [0.1, 0.15) is 0 Å². The van der Waals surface area contributed by atoms with Crippen molar-refractivity contribution in [3.63, 3.8) is 0 Å². The Labute approximate surface area is 134 Å². The number of para-hydroxylation sites is 2. The predicted octanol–water partition coefficient (Wildman–Crippen LogP) is 2.26. The number of β-amino-alcohol motifs (C(OH)–C–C–N with tert-alkyl or cyclic N) is 1. The van der Waals surface area contributed by atoms with Crippen LogP contribution in [-0.4, -0.2) is 40.4 Å². The highest BCUT2D eigenvalue weighted by Gasteiger charge is 2.34. The highest BCUT2D eigenvalue weighted by Crippen LogP contribution is 2.27. The number of aliphatic hydroxyl groups is 1. The maximum absolute atomic E-state index is 10.3. The molecule has 0 amide bonds. The van der Waals surface area contributed by atoms with E-state index in [1.54, 1.807) is 6.33 Å². The van der Waals surface area contributed by atoms with Gasteiger partial charge in [0.1, 0.15) is 30.1 Å². The van der Waals surface area contributed by atoms with E-state index in [0.29, 0.717) is 13.1 Å². The summed E-state index contributed by atoms with van der Waals surface area (Å²) in [6.07, 6.45) is 0.741. The van der Waals surface area contributed by atoms with E-state index in [2.05, 4.69) is 14.9 Å². The first-order valence-corrected chi connectivity index (χ1v) is 7.66. The van der Waals surface area contributed by atoms with Gasteiger partial charge in [-0.25, -0.2) is 9.97 Å². The van der Waals surface area contributed by atoms with Gasteiger partial charge in [0.15, 0.2) is 0 Å². The average Bonchev–Trinajstić information content (AvgIpc) is 2.96. The molecule has 1 aromatic heterocycles. The largest absolute Gasteiger partial charge is 0.486 e. The third kappa shape index (κ3) is 2.71. The maximum Gasteiger partial charge on any atom is 0.144 e. The number of benzene rings is 2. The summed E-state index contributed by atoms with van der Waals surface area (Å²) >= 11 is 0. The Bertz CT molecular complexity index is 804. The first-order valence-electron chi connectivity index (χ1n) is 7.66. The summed E-state index contributed by atoms with van der Waals surface area (Å²) in [5, 5.41) is 11.3. The summed E-state index contributed by atoms with van der Waals surface area (Å²) in [6, 6.07) is 17.5. The minimum Gasteiger partial charge on any atom is -0.486 e. The topological polar surface area (TPSA) is 58.5 Å². The summed E-state index contributed by atoms with van der Waals surface area (Å²) in [5.41, 5.74) is 0.902. The molecule has 0 aliphatic carbocycles. The second-order valence-corrected chi connectivity index (χ2v) is 5.66. The van der Waals surface area contributed by atoms with E-state index in [1.165, 1.54) is 0 Å². The van der Waals surface area contributed by atoms with Crippen LogP contribution in [0.25, 0.3) is 10.9 Å². The molecule has 116 valence electrons. The molecule has 2 aromatic carbocycles. The Balaban J connectivity index is 1.59. The Hall–Kier alpha value is -2.66. The molecule has 1 aliphatic heterocycles. The molecule has 1 aliphatic rings. The molecule has 2 heterocycles. The number of anilines is 1. The molecule has 3 aromatic rings. The number of nitrogens with zero attached hydrogens (tertiary/aromatic N) is 3. The Morgan fingerprint density at radius 1 is 0.957 bits per heavy atom. The summed E-state index contributed by atoms with van der Waals surface area (Å²) in [5.74, 6) is 1.61. The number of ether oxygens (including phenoxy) is 1. The molecule has 1 N–H and O–H groups in total. The molecule has 5 heteroatoms. The van der Waals surface area contributed by atoms with Crippen molar-refractivity contribution in [3.05, 3.63) is 60.9 Å². The van der Waals surface area contributed by atoms with E-state index < -0.39 is 6.10 Å². The first-order chi connectivity index (χ1) is 11.3. The molecule has 2 atom stereocenters. The van der Waals surface area contributed by atoms with Crippen molar-refractivity contribution in [2.45, 2.75) is 12.2 Å². The van der Waals surface area contributed by atoms with Gasteiger partial charge in [-0.1, -0.05) is 30.3 Å². The van der Waals surface area contributed by atoms with Gasteiger partial charge in [-0.05, 0) is 24.3 Å². The van der Waals surface area contributed by atoms with Crippen LogP contribution in [-0.2, 0) is 0 Å². The molecule has 1 saturated heterocycles. The number of aliphatic hydroxyl groups excluding tert-OH is 1. The zero-order valence-corrected chi connectivity index (χ0v) is 12.5. The number of aromatic nitrogens is 2. The van der Waals surface area contributed by atoms with Crippen LogP contribution in [0, 0.1) is 0 Å². The van der Waals surface area contributed by atoms with E-state index in [-0.39, 0.29) is 6.10 Å². The van der Waals surface area contributed by atoms with Crippen LogP contribution in [0.15, 0.2) is 60.9 Å². The van der Waals surface area contributed by atoms with Crippen molar-refractivity contribution < 1.29 is 9.84 Å².